The zero-order valence-electron chi connectivity index (χ0n) is 38.8. The topological polar surface area (TPSA) is 52.6 Å². The molecule has 2 rings (SSSR count). The number of benzene rings is 2. The van der Waals surface area contributed by atoms with Gasteiger partial charge in [-0.25, -0.2) is 0 Å². The summed E-state index contributed by atoms with van der Waals surface area (Å²) in [5.74, 6) is 5.05. The zero-order chi connectivity index (χ0) is 42.8. The molecule has 0 bridgehead atoms. The van der Waals surface area contributed by atoms with Crippen LogP contribution >= 0.6 is 35.3 Å². The lowest BCUT2D eigenvalue weighted by Crippen LogP contribution is -2.11. The smallest absolute Gasteiger partial charge is 0.312 e. The molecule has 0 aliphatic carbocycles. The average molecular weight is 871 g/mol. The van der Waals surface area contributed by atoms with Crippen LogP contribution in [0, 0.1) is 13.8 Å². The van der Waals surface area contributed by atoms with E-state index in [1.165, 1.54) is 138 Å². The number of esters is 2. The number of unbranched alkanes of at least 4 members (excludes halogenated alkanes) is 20. The molecule has 0 radical (unpaired) electrons. The molecule has 7 heteroatoms. The molecule has 0 N–H and O–H groups in total. The Morgan fingerprint density at radius 3 is 1.08 bits per heavy atom. The molecule has 0 aromatic heterocycles. The fraction of sp³-hybridized carbons (Fsp3) is 0.731. The van der Waals surface area contributed by atoms with E-state index in [1.54, 1.807) is 11.8 Å². The summed E-state index contributed by atoms with van der Waals surface area (Å²) in [6, 6.07) is 8.62. The summed E-state index contributed by atoms with van der Waals surface area (Å²) in [6.07, 6.45) is 33.9. The number of rotatable bonds is 38. The standard InChI is InChI=1S/C52H86O4S3/c1-7-11-15-17-19-21-23-25-27-29-35-57-37-33-51(53)55-47-39-43(5)49(41-45(47)31-13-9-3)59-50-42-46(32-14-10-4)48(40-44(50)6)56-52(54)34-38-58-36-30-28-26-24-22-20-18-16-12-8-2/h39-42H,7-38H2,1-6H3. The molecule has 0 heterocycles. The fourth-order valence-corrected chi connectivity index (χ4v) is 10.2. The van der Waals surface area contributed by atoms with Crippen molar-refractivity contribution in [2.24, 2.45) is 0 Å². The Hall–Kier alpha value is -1.57. The van der Waals surface area contributed by atoms with E-state index in [0.717, 1.165) is 83.8 Å². The fourth-order valence-electron chi connectivity index (χ4n) is 7.31. The van der Waals surface area contributed by atoms with Gasteiger partial charge in [0, 0.05) is 21.3 Å². The van der Waals surface area contributed by atoms with Crippen molar-refractivity contribution in [2.45, 2.75) is 231 Å². The summed E-state index contributed by atoms with van der Waals surface area (Å²) in [4.78, 5) is 28.3. The first kappa shape index (κ1) is 53.6. The second-order valence-electron chi connectivity index (χ2n) is 16.8. The minimum Gasteiger partial charge on any atom is -0.426 e. The van der Waals surface area contributed by atoms with E-state index in [9.17, 15) is 9.59 Å². The van der Waals surface area contributed by atoms with E-state index in [1.807, 2.05) is 23.5 Å². The number of hydrogen-bond donors (Lipinski definition) is 0. The van der Waals surface area contributed by atoms with Crippen LogP contribution < -0.4 is 9.47 Å². The highest BCUT2D eigenvalue weighted by molar-refractivity contribution is 7.99. The van der Waals surface area contributed by atoms with E-state index < -0.39 is 0 Å². The van der Waals surface area contributed by atoms with E-state index in [0.29, 0.717) is 24.3 Å². The minimum absolute atomic E-state index is 0.132. The first-order valence-electron chi connectivity index (χ1n) is 24.3. The third kappa shape index (κ3) is 25.8. The van der Waals surface area contributed by atoms with Crippen LogP contribution in [-0.4, -0.2) is 35.0 Å². The van der Waals surface area contributed by atoms with Gasteiger partial charge in [-0.2, -0.15) is 23.5 Å². The van der Waals surface area contributed by atoms with Gasteiger partial charge in [-0.15, -0.1) is 0 Å². The van der Waals surface area contributed by atoms with E-state index in [-0.39, 0.29) is 11.9 Å². The van der Waals surface area contributed by atoms with Crippen LogP contribution in [0.1, 0.15) is 217 Å². The van der Waals surface area contributed by atoms with Gasteiger partial charge >= 0.3 is 11.9 Å². The summed E-state index contributed by atoms with van der Waals surface area (Å²) >= 11 is 5.53. The molecule has 0 aliphatic heterocycles. The zero-order valence-corrected chi connectivity index (χ0v) is 41.2. The van der Waals surface area contributed by atoms with Gasteiger partial charge in [-0.1, -0.05) is 168 Å². The lowest BCUT2D eigenvalue weighted by molar-refractivity contribution is -0.134. The first-order chi connectivity index (χ1) is 28.8. The Morgan fingerprint density at radius 1 is 0.424 bits per heavy atom. The molecule has 4 nitrogen and oxygen atoms in total. The molecular weight excluding hydrogens is 785 g/mol. The number of hydrogen-bond acceptors (Lipinski definition) is 7. The lowest BCUT2D eigenvalue weighted by Gasteiger charge is -2.17. The van der Waals surface area contributed by atoms with Crippen LogP contribution in [0.3, 0.4) is 0 Å². The molecule has 2 aromatic rings. The van der Waals surface area contributed by atoms with Gasteiger partial charge in [0.15, 0.2) is 0 Å². The third-order valence-corrected chi connectivity index (χ3v) is 14.6. The molecule has 0 saturated heterocycles. The summed E-state index contributed by atoms with van der Waals surface area (Å²) in [5, 5.41) is 0. The first-order valence-corrected chi connectivity index (χ1v) is 27.5. The van der Waals surface area contributed by atoms with Crippen molar-refractivity contribution in [1.82, 2.24) is 0 Å². The molecule has 0 fully saturated rings. The van der Waals surface area contributed by atoms with Crippen LogP contribution in [0.25, 0.3) is 0 Å². The molecule has 59 heavy (non-hydrogen) atoms. The predicted octanol–water partition coefficient (Wildman–Crippen LogP) is 17.0. The van der Waals surface area contributed by atoms with Gasteiger partial charge in [0.25, 0.3) is 0 Å². The maximum absolute atomic E-state index is 13.0. The van der Waals surface area contributed by atoms with Crippen LogP contribution in [0.5, 0.6) is 11.5 Å². The molecular formula is C52H86O4S3. The van der Waals surface area contributed by atoms with Gasteiger partial charge in [-0.05, 0) is 110 Å². The van der Waals surface area contributed by atoms with Crippen molar-refractivity contribution in [3.8, 4) is 11.5 Å². The predicted molar refractivity (Wildman–Crippen MR) is 263 cm³/mol. The van der Waals surface area contributed by atoms with E-state index in [2.05, 4.69) is 65.8 Å². The van der Waals surface area contributed by atoms with Gasteiger partial charge in [0.1, 0.15) is 11.5 Å². The molecule has 0 amide bonds. The molecule has 0 unspecified atom stereocenters. The van der Waals surface area contributed by atoms with Gasteiger partial charge in [-0.3, -0.25) is 9.59 Å². The molecule has 2 aromatic carbocycles. The number of carbonyl (C=O) groups excluding carboxylic acids is 2. The van der Waals surface area contributed by atoms with Crippen LogP contribution in [0.15, 0.2) is 34.1 Å². The average Bonchev–Trinajstić information content (AvgIpc) is 3.22. The van der Waals surface area contributed by atoms with Gasteiger partial charge < -0.3 is 9.47 Å². The van der Waals surface area contributed by atoms with Gasteiger partial charge in [0.05, 0.1) is 12.8 Å². The van der Waals surface area contributed by atoms with Crippen LogP contribution in [0.4, 0.5) is 0 Å². The molecule has 0 atom stereocenters. The van der Waals surface area contributed by atoms with E-state index in [4.69, 9.17) is 9.47 Å². The van der Waals surface area contributed by atoms with Crippen LogP contribution in [0.2, 0.25) is 0 Å². The Morgan fingerprint density at radius 2 is 0.746 bits per heavy atom. The summed E-state index contributed by atoms with van der Waals surface area (Å²) in [5.41, 5.74) is 4.42. The van der Waals surface area contributed by atoms with Crippen LogP contribution in [-0.2, 0) is 22.4 Å². The van der Waals surface area contributed by atoms with Crippen molar-refractivity contribution in [1.29, 1.82) is 0 Å². The van der Waals surface area contributed by atoms with Crippen molar-refractivity contribution < 1.29 is 19.1 Å². The summed E-state index contributed by atoms with van der Waals surface area (Å²) in [7, 11) is 0. The van der Waals surface area contributed by atoms with Crippen molar-refractivity contribution in [3.63, 3.8) is 0 Å². The monoisotopic (exact) mass is 871 g/mol. The molecule has 0 aliphatic rings. The second-order valence-corrected chi connectivity index (χ2v) is 20.3. The number of thioether (sulfide) groups is 2. The highest BCUT2D eigenvalue weighted by Crippen LogP contribution is 2.39. The molecule has 0 saturated carbocycles. The second kappa shape index (κ2) is 36.0. The minimum atomic E-state index is -0.132. The normalized spacial score (nSPS) is 11.4. The Bertz CT molecular complexity index is 1290. The number of ether oxygens (including phenoxy) is 2. The Balaban J connectivity index is 1.87. The lowest BCUT2D eigenvalue weighted by atomic mass is 10.0. The molecule has 0 spiro atoms. The van der Waals surface area contributed by atoms with Crippen molar-refractivity contribution in [3.05, 3.63) is 46.5 Å². The maximum atomic E-state index is 13.0. The van der Waals surface area contributed by atoms with Crippen molar-refractivity contribution >= 4 is 47.2 Å². The van der Waals surface area contributed by atoms with E-state index >= 15 is 0 Å². The van der Waals surface area contributed by atoms with Gasteiger partial charge in [0.2, 0.25) is 0 Å². The molecule has 336 valence electrons. The maximum Gasteiger partial charge on any atom is 0.312 e. The number of aryl methyl sites for hydroxylation is 4. The quantitative estimate of drug-likeness (QED) is 0.0378. The Kier molecular flexibility index (Phi) is 32.7. The van der Waals surface area contributed by atoms with Crippen molar-refractivity contribution in [2.75, 3.05) is 23.0 Å². The highest BCUT2D eigenvalue weighted by atomic mass is 32.2. The highest BCUT2D eigenvalue weighted by Gasteiger charge is 2.17. The third-order valence-electron chi connectivity index (χ3n) is 11.2. The Labute approximate surface area is 376 Å². The summed E-state index contributed by atoms with van der Waals surface area (Å²) in [6.45, 7) is 13.2. The largest absolute Gasteiger partial charge is 0.426 e. The number of carbonyl (C=O) groups is 2. The SMILES string of the molecule is CCCCCCCCCCCCSCCC(=O)Oc1cc(C)c(Sc2cc(CCCC)c(OC(=O)CCSCCCCCCCCCCCC)cc2C)cc1CCCC. The summed E-state index contributed by atoms with van der Waals surface area (Å²) < 4.78 is 12.1.